The van der Waals surface area contributed by atoms with Gasteiger partial charge in [-0.2, -0.15) is 15.0 Å². The van der Waals surface area contributed by atoms with Gasteiger partial charge in [-0.05, 0) is 19.8 Å². The number of rotatable bonds is 5. The van der Waals surface area contributed by atoms with Gasteiger partial charge in [-0.1, -0.05) is 0 Å². The molecule has 0 aliphatic carbocycles. The van der Waals surface area contributed by atoms with Gasteiger partial charge in [-0.15, -0.1) is 0 Å². The monoisotopic (exact) mass is 267 g/mol. The van der Waals surface area contributed by atoms with Crippen LogP contribution in [0, 0.1) is 0 Å². The van der Waals surface area contributed by atoms with Crippen molar-refractivity contribution in [2.75, 3.05) is 44.1 Å². The minimum absolute atomic E-state index is 0.357. The van der Waals surface area contributed by atoms with Gasteiger partial charge in [0.15, 0.2) is 0 Å². The lowest BCUT2D eigenvalue weighted by molar-refractivity contribution is 0.0852. The smallest absolute Gasteiger partial charge is 0.323 e. The predicted molar refractivity (Wildman–Crippen MR) is 72.8 cm³/mol. The summed E-state index contributed by atoms with van der Waals surface area (Å²) in [5.74, 6) is 1.15. The molecule has 1 N–H and O–H groups in total. The van der Waals surface area contributed by atoms with Crippen molar-refractivity contribution in [1.29, 1.82) is 0 Å². The average molecular weight is 267 g/mol. The first-order chi connectivity index (χ1) is 9.24. The fourth-order valence-electron chi connectivity index (χ4n) is 2.04. The molecule has 1 aliphatic heterocycles. The van der Waals surface area contributed by atoms with Gasteiger partial charge < -0.3 is 19.7 Å². The molecule has 0 bridgehead atoms. The van der Waals surface area contributed by atoms with Crippen LogP contribution in [-0.4, -0.2) is 54.9 Å². The van der Waals surface area contributed by atoms with E-state index in [0.29, 0.717) is 30.6 Å². The van der Waals surface area contributed by atoms with Crippen LogP contribution in [0.15, 0.2) is 0 Å². The van der Waals surface area contributed by atoms with Crippen molar-refractivity contribution in [3.8, 4) is 6.01 Å². The van der Waals surface area contributed by atoms with E-state index in [9.17, 15) is 0 Å². The molecule has 106 valence electrons. The van der Waals surface area contributed by atoms with Gasteiger partial charge >= 0.3 is 6.01 Å². The highest BCUT2D eigenvalue weighted by molar-refractivity contribution is 5.38. The molecular formula is C12H21N5O2. The molecule has 19 heavy (non-hydrogen) atoms. The van der Waals surface area contributed by atoms with Crippen molar-refractivity contribution in [2.24, 2.45) is 0 Å². The number of ether oxygens (including phenoxy) is 2. The molecule has 0 aromatic carbocycles. The second-order valence-corrected chi connectivity index (χ2v) is 4.38. The quantitative estimate of drug-likeness (QED) is 0.850. The lowest BCUT2D eigenvalue weighted by Crippen LogP contribution is -2.37. The first-order valence-corrected chi connectivity index (χ1v) is 6.61. The van der Waals surface area contributed by atoms with Crippen LogP contribution >= 0.6 is 0 Å². The molecule has 1 aliphatic rings. The predicted octanol–water partition coefficient (Wildman–Crippen LogP) is 0.927. The van der Waals surface area contributed by atoms with Crippen LogP contribution in [0.5, 0.6) is 6.01 Å². The standard InChI is InChI=1S/C12H21N5O2/c1-4-19-12-15-10(13-2)14-11(16-12)17(3)9-5-7-18-8-6-9/h9H,4-8H2,1-3H3,(H,13,14,15,16). The Bertz CT molecular complexity index is 409. The van der Waals surface area contributed by atoms with E-state index in [-0.39, 0.29) is 0 Å². The Labute approximate surface area is 113 Å². The highest BCUT2D eigenvalue weighted by Gasteiger charge is 2.21. The fourth-order valence-corrected chi connectivity index (χ4v) is 2.04. The van der Waals surface area contributed by atoms with Gasteiger partial charge in [-0.3, -0.25) is 0 Å². The molecule has 1 fully saturated rings. The molecule has 0 atom stereocenters. The SMILES string of the molecule is CCOc1nc(NC)nc(N(C)C2CCOCC2)n1. The third kappa shape index (κ3) is 3.44. The van der Waals surface area contributed by atoms with Gasteiger partial charge in [0, 0.05) is 33.4 Å². The average Bonchev–Trinajstić information content (AvgIpc) is 2.47. The Balaban J connectivity index is 2.18. The van der Waals surface area contributed by atoms with E-state index < -0.39 is 0 Å². The highest BCUT2D eigenvalue weighted by atomic mass is 16.5. The van der Waals surface area contributed by atoms with Gasteiger partial charge in [0.1, 0.15) is 0 Å². The maximum absolute atomic E-state index is 5.38. The number of aromatic nitrogens is 3. The van der Waals surface area contributed by atoms with Crippen molar-refractivity contribution < 1.29 is 9.47 Å². The molecule has 0 amide bonds. The normalized spacial score (nSPS) is 16.2. The second-order valence-electron chi connectivity index (χ2n) is 4.38. The molecule has 0 unspecified atom stereocenters. The maximum Gasteiger partial charge on any atom is 0.323 e. The van der Waals surface area contributed by atoms with Crippen LogP contribution < -0.4 is 15.0 Å². The summed E-state index contributed by atoms with van der Waals surface area (Å²) < 4.78 is 10.7. The summed E-state index contributed by atoms with van der Waals surface area (Å²) in [6.07, 6.45) is 1.97. The Morgan fingerprint density at radius 2 is 2.05 bits per heavy atom. The Hall–Kier alpha value is -1.63. The van der Waals surface area contributed by atoms with E-state index >= 15 is 0 Å². The number of nitrogens with zero attached hydrogens (tertiary/aromatic N) is 4. The molecule has 0 spiro atoms. The summed E-state index contributed by atoms with van der Waals surface area (Å²) >= 11 is 0. The van der Waals surface area contributed by atoms with Gasteiger partial charge in [0.05, 0.1) is 6.61 Å². The zero-order valence-corrected chi connectivity index (χ0v) is 11.7. The van der Waals surface area contributed by atoms with E-state index in [2.05, 4.69) is 25.2 Å². The van der Waals surface area contributed by atoms with Gasteiger partial charge in [-0.25, -0.2) is 0 Å². The Morgan fingerprint density at radius 3 is 2.68 bits per heavy atom. The van der Waals surface area contributed by atoms with Crippen molar-refractivity contribution in [3.63, 3.8) is 0 Å². The topological polar surface area (TPSA) is 72.4 Å². The molecule has 0 saturated carbocycles. The molecule has 1 aromatic heterocycles. The summed E-state index contributed by atoms with van der Waals surface area (Å²) in [7, 11) is 3.78. The van der Waals surface area contributed by atoms with E-state index in [0.717, 1.165) is 26.1 Å². The molecule has 7 nitrogen and oxygen atoms in total. The van der Waals surface area contributed by atoms with E-state index in [1.807, 2.05) is 14.0 Å². The van der Waals surface area contributed by atoms with Crippen LogP contribution in [0.3, 0.4) is 0 Å². The second kappa shape index (κ2) is 6.51. The third-order valence-corrected chi connectivity index (χ3v) is 3.15. The Morgan fingerprint density at radius 1 is 1.32 bits per heavy atom. The van der Waals surface area contributed by atoms with Crippen molar-refractivity contribution >= 4 is 11.9 Å². The van der Waals surface area contributed by atoms with E-state index in [1.165, 1.54) is 0 Å². The van der Waals surface area contributed by atoms with E-state index in [4.69, 9.17) is 9.47 Å². The molecule has 2 heterocycles. The fraction of sp³-hybridized carbons (Fsp3) is 0.750. The van der Waals surface area contributed by atoms with E-state index in [1.54, 1.807) is 7.05 Å². The summed E-state index contributed by atoms with van der Waals surface area (Å²) in [6.45, 7) is 4.02. The molecular weight excluding hydrogens is 246 g/mol. The van der Waals surface area contributed by atoms with Crippen LogP contribution in [0.25, 0.3) is 0 Å². The first-order valence-electron chi connectivity index (χ1n) is 6.61. The Kier molecular flexibility index (Phi) is 4.73. The van der Waals surface area contributed by atoms with Crippen molar-refractivity contribution in [1.82, 2.24) is 15.0 Å². The maximum atomic E-state index is 5.38. The molecule has 1 saturated heterocycles. The lowest BCUT2D eigenvalue weighted by atomic mass is 10.1. The molecule has 1 aromatic rings. The van der Waals surface area contributed by atoms with Gasteiger partial charge in [0.25, 0.3) is 0 Å². The lowest BCUT2D eigenvalue weighted by Gasteiger charge is -2.31. The number of hydrogen-bond donors (Lipinski definition) is 1. The van der Waals surface area contributed by atoms with Crippen LogP contribution in [0.1, 0.15) is 19.8 Å². The van der Waals surface area contributed by atoms with Crippen molar-refractivity contribution in [2.45, 2.75) is 25.8 Å². The zero-order chi connectivity index (χ0) is 13.7. The summed E-state index contributed by atoms with van der Waals surface area (Å²) in [6, 6.07) is 0.756. The highest BCUT2D eigenvalue weighted by Crippen LogP contribution is 2.20. The van der Waals surface area contributed by atoms with Gasteiger partial charge in [0.2, 0.25) is 11.9 Å². The minimum atomic E-state index is 0.357. The molecule has 2 rings (SSSR count). The number of nitrogens with one attached hydrogen (secondary N) is 1. The molecule has 7 heteroatoms. The zero-order valence-electron chi connectivity index (χ0n) is 11.7. The largest absolute Gasteiger partial charge is 0.464 e. The number of hydrogen-bond acceptors (Lipinski definition) is 7. The molecule has 0 radical (unpaired) electrons. The summed E-state index contributed by atoms with van der Waals surface area (Å²) in [5, 5.41) is 2.93. The number of anilines is 2. The third-order valence-electron chi connectivity index (χ3n) is 3.15. The summed E-state index contributed by atoms with van der Waals surface area (Å²) in [5.41, 5.74) is 0. The minimum Gasteiger partial charge on any atom is -0.464 e. The first kappa shape index (κ1) is 13.8. The van der Waals surface area contributed by atoms with Crippen LogP contribution in [0.2, 0.25) is 0 Å². The summed E-state index contributed by atoms with van der Waals surface area (Å²) in [4.78, 5) is 15.0. The van der Waals surface area contributed by atoms with Crippen LogP contribution in [0.4, 0.5) is 11.9 Å². The van der Waals surface area contributed by atoms with Crippen molar-refractivity contribution in [3.05, 3.63) is 0 Å². The van der Waals surface area contributed by atoms with Crippen LogP contribution in [-0.2, 0) is 4.74 Å².